The lowest BCUT2D eigenvalue weighted by Gasteiger charge is -2.32. The molecular weight excluding hydrogens is 225 g/mol. The summed E-state index contributed by atoms with van der Waals surface area (Å²) in [6.45, 7) is -1.16. The van der Waals surface area contributed by atoms with E-state index in [1.165, 1.54) is 0 Å². The van der Waals surface area contributed by atoms with Crippen LogP contribution < -0.4 is 0 Å². The molecule has 0 saturated carbocycles. The molecule has 0 spiro atoms. The van der Waals surface area contributed by atoms with Crippen LogP contribution in [0.5, 0.6) is 0 Å². The Kier molecular flexibility index (Phi) is 4.46. The molecule has 0 rings (SSSR count). The lowest BCUT2D eigenvalue weighted by Crippen LogP contribution is -2.60. The molecule has 0 amide bonds. The van der Waals surface area contributed by atoms with Crippen molar-refractivity contribution in [3.8, 4) is 0 Å². The molecule has 4 atom stereocenters. The Labute approximate surface area is 81.8 Å². The van der Waals surface area contributed by atoms with Gasteiger partial charge in [0.15, 0.2) is 6.10 Å². The van der Waals surface area contributed by atoms with Gasteiger partial charge in [-0.3, -0.25) is 0 Å². The van der Waals surface area contributed by atoms with E-state index in [-0.39, 0.29) is 0 Å². The largest absolute Gasteiger partial charge is 0.414 e. The highest BCUT2D eigenvalue weighted by atomic mass is 19.3. The van der Waals surface area contributed by atoms with Crippen LogP contribution in [0.15, 0.2) is 0 Å². The second kappa shape index (κ2) is 4.60. The summed E-state index contributed by atoms with van der Waals surface area (Å²) in [6, 6.07) is 0. The van der Waals surface area contributed by atoms with Gasteiger partial charge < -0.3 is 30.6 Å². The van der Waals surface area contributed by atoms with Crippen LogP contribution >= 0.6 is 0 Å². The quantitative estimate of drug-likeness (QED) is 0.309. The number of halogens is 3. The first kappa shape index (κ1) is 14.6. The van der Waals surface area contributed by atoms with Gasteiger partial charge in [-0.05, 0) is 0 Å². The van der Waals surface area contributed by atoms with Crippen LogP contribution in [0, 0.1) is 0 Å². The first-order valence-corrected chi connectivity index (χ1v) is 3.72. The molecule has 6 nitrogen and oxygen atoms in total. The van der Waals surface area contributed by atoms with Gasteiger partial charge in [-0.1, -0.05) is 0 Å². The van der Waals surface area contributed by atoms with E-state index in [1.54, 1.807) is 0 Å². The number of aliphatic hydroxyl groups is 6. The molecule has 6 N–H and O–H groups in total. The second-order valence-corrected chi connectivity index (χ2v) is 2.90. The fourth-order valence-corrected chi connectivity index (χ4v) is 0.723. The Morgan fingerprint density at radius 1 is 1.00 bits per heavy atom. The molecule has 0 unspecified atom stereocenters. The smallest absolute Gasteiger partial charge is 0.394 e. The molecule has 0 bridgehead atoms. The van der Waals surface area contributed by atoms with E-state index in [1.807, 2.05) is 0 Å². The van der Waals surface area contributed by atoms with Crippen LogP contribution in [0.2, 0.25) is 0 Å². The van der Waals surface area contributed by atoms with Gasteiger partial charge in [0.2, 0.25) is 0 Å². The van der Waals surface area contributed by atoms with E-state index in [9.17, 15) is 13.2 Å². The zero-order valence-electron chi connectivity index (χ0n) is 7.26. The summed E-state index contributed by atoms with van der Waals surface area (Å²) in [4.78, 5) is 0. The SMILES string of the molecule is OC[C@@H](O)[C@@H](O)[C@H](O)[C@@](O)(F)C(O)(F)F. The van der Waals surface area contributed by atoms with Crippen LogP contribution in [0.4, 0.5) is 13.2 Å². The fourth-order valence-electron chi connectivity index (χ4n) is 0.723. The average Bonchev–Trinajstić information content (AvgIpc) is 2.12. The Hall–Kier alpha value is -0.450. The molecule has 0 aliphatic rings. The van der Waals surface area contributed by atoms with Gasteiger partial charge in [-0.25, -0.2) is 0 Å². The van der Waals surface area contributed by atoms with Gasteiger partial charge in [0.05, 0.1) is 6.61 Å². The van der Waals surface area contributed by atoms with Crippen molar-refractivity contribution in [3.05, 3.63) is 0 Å². The normalized spacial score (nSPS) is 23.0. The number of hydrogen-bond acceptors (Lipinski definition) is 6. The first-order chi connectivity index (χ1) is 6.55. The van der Waals surface area contributed by atoms with E-state index >= 15 is 0 Å². The molecule has 92 valence electrons. The van der Waals surface area contributed by atoms with Crippen molar-refractivity contribution in [3.63, 3.8) is 0 Å². The van der Waals surface area contributed by atoms with E-state index < -0.39 is 36.9 Å². The topological polar surface area (TPSA) is 121 Å². The summed E-state index contributed by atoms with van der Waals surface area (Å²) >= 11 is 0. The highest BCUT2D eigenvalue weighted by Crippen LogP contribution is 2.32. The molecule has 0 radical (unpaired) electrons. The average molecular weight is 236 g/mol. The van der Waals surface area contributed by atoms with Crippen molar-refractivity contribution in [1.82, 2.24) is 0 Å². The van der Waals surface area contributed by atoms with E-state index in [0.717, 1.165) is 0 Å². The summed E-state index contributed by atoms with van der Waals surface area (Å²) < 4.78 is 36.7. The number of rotatable bonds is 5. The Bertz CT molecular complexity index is 206. The fraction of sp³-hybridized carbons (Fsp3) is 1.00. The summed E-state index contributed by atoms with van der Waals surface area (Å²) in [5.41, 5.74) is 0. The van der Waals surface area contributed by atoms with Crippen LogP contribution in [0.3, 0.4) is 0 Å². The van der Waals surface area contributed by atoms with Gasteiger partial charge in [0.25, 0.3) is 0 Å². The predicted octanol–water partition coefficient (Wildman–Crippen LogP) is -2.70. The van der Waals surface area contributed by atoms with Crippen molar-refractivity contribution < 1.29 is 43.8 Å². The molecule has 15 heavy (non-hydrogen) atoms. The third-order valence-corrected chi connectivity index (χ3v) is 1.72. The summed E-state index contributed by atoms with van der Waals surface area (Å²) in [5, 5.41) is 50.6. The summed E-state index contributed by atoms with van der Waals surface area (Å²) in [5.74, 6) is -4.84. The molecule has 0 fully saturated rings. The predicted molar refractivity (Wildman–Crippen MR) is 38.3 cm³/mol. The molecule has 0 heterocycles. The molecule has 0 aliphatic heterocycles. The number of alkyl halides is 3. The highest BCUT2D eigenvalue weighted by molar-refractivity contribution is 4.90. The highest BCUT2D eigenvalue weighted by Gasteiger charge is 2.60. The minimum Gasteiger partial charge on any atom is -0.394 e. The maximum Gasteiger partial charge on any atom is 0.414 e. The minimum absolute atomic E-state index is 1.16. The van der Waals surface area contributed by atoms with Crippen LogP contribution in [-0.4, -0.2) is 67.5 Å². The zero-order valence-corrected chi connectivity index (χ0v) is 7.26. The minimum atomic E-state index is -5.33. The van der Waals surface area contributed by atoms with Crippen LogP contribution in [0.1, 0.15) is 0 Å². The summed E-state index contributed by atoms with van der Waals surface area (Å²) in [7, 11) is 0. The standard InChI is InChI=1S/C6H11F3O6/c7-5(14,6(8,9)15)4(13)3(12)2(11)1-10/h2-4,10-15H,1H2/t2-,3-,4+,5+/m1/s1. The maximum absolute atomic E-state index is 12.7. The number of hydrogen-bond donors (Lipinski definition) is 6. The van der Waals surface area contributed by atoms with Gasteiger partial charge in [-0.15, -0.1) is 0 Å². The first-order valence-electron chi connectivity index (χ1n) is 3.72. The Balaban J connectivity index is 4.77. The van der Waals surface area contributed by atoms with Crippen molar-refractivity contribution in [2.24, 2.45) is 0 Å². The molecule has 0 aliphatic carbocycles. The molecule has 0 aromatic heterocycles. The van der Waals surface area contributed by atoms with E-state index in [4.69, 9.17) is 30.6 Å². The van der Waals surface area contributed by atoms with Crippen molar-refractivity contribution in [1.29, 1.82) is 0 Å². The molecule has 0 aromatic carbocycles. The van der Waals surface area contributed by atoms with Gasteiger partial charge >= 0.3 is 12.0 Å². The van der Waals surface area contributed by atoms with E-state index in [2.05, 4.69) is 0 Å². The zero-order chi connectivity index (χ0) is 12.4. The second-order valence-electron chi connectivity index (χ2n) is 2.90. The van der Waals surface area contributed by atoms with E-state index in [0.29, 0.717) is 0 Å². The molecule has 9 heteroatoms. The monoisotopic (exact) mass is 236 g/mol. The van der Waals surface area contributed by atoms with Crippen molar-refractivity contribution in [2.45, 2.75) is 30.3 Å². The van der Waals surface area contributed by atoms with Crippen molar-refractivity contribution in [2.75, 3.05) is 6.61 Å². The Morgan fingerprint density at radius 2 is 1.40 bits per heavy atom. The molecule has 0 aromatic rings. The lowest BCUT2D eigenvalue weighted by atomic mass is 10.0. The lowest BCUT2D eigenvalue weighted by molar-refractivity contribution is -0.387. The third kappa shape index (κ3) is 3.00. The molecular formula is C6H11F3O6. The number of aliphatic hydroxyl groups excluding tert-OH is 4. The Morgan fingerprint density at radius 3 is 1.67 bits per heavy atom. The summed E-state index contributed by atoms with van der Waals surface area (Å²) in [6.07, 6.45) is -13.3. The van der Waals surface area contributed by atoms with Gasteiger partial charge in [0.1, 0.15) is 12.2 Å². The third-order valence-electron chi connectivity index (χ3n) is 1.72. The van der Waals surface area contributed by atoms with Gasteiger partial charge in [-0.2, -0.15) is 13.2 Å². The van der Waals surface area contributed by atoms with Crippen molar-refractivity contribution >= 4 is 0 Å². The van der Waals surface area contributed by atoms with Crippen LogP contribution in [-0.2, 0) is 0 Å². The van der Waals surface area contributed by atoms with Crippen LogP contribution in [0.25, 0.3) is 0 Å². The van der Waals surface area contributed by atoms with Gasteiger partial charge in [0, 0.05) is 0 Å². The molecule has 0 saturated heterocycles. The maximum atomic E-state index is 12.7.